The fraction of sp³-hybridized carbons (Fsp3) is 0.600. The second kappa shape index (κ2) is 1.62. The largest absolute Gasteiger partial charge is 0.784 e. The van der Waals surface area contributed by atoms with Crippen molar-refractivity contribution < 1.29 is 0 Å². The molecule has 0 spiro atoms. The Hall–Kier alpha value is -0.740. The van der Waals surface area contributed by atoms with E-state index in [1.165, 1.54) is 0 Å². The molecule has 0 N–H and O–H groups in total. The molecule has 1 rings (SSSR count). The molecule has 0 aromatic rings. The van der Waals surface area contributed by atoms with Gasteiger partial charge in [-0.2, -0.15) is 0 Å². The Morgan fingerprint density at radius 1 is 2.00 bits per heavy atom. The van der Waals surface area contributed by atoms with Crippen molar-refractivity contribution >= 4 is 0 Å². The predicted octanol–water partition coefficient (Wildman–Crippen LogP) is 0.839. The van der Waals surface area contributed by atoms with Crippen LogP contribution in [-0.2, 0) is 0 Å². The van der Waals surface area contributed by atoms with Gasteiger partial charge >= 0.3 is 0 Å². The highest BCUT2D eigenvalue weighted by Crippen LogP contribution is 2.36. The molecule has 4 nitrogen and oxygen atoms in total. The maximum atomic E-state index is 10.5. The molecular weight excluding hydrogens is 120 g/mol. The molecular formula is C5H7N2O2-. The maximum absolute atomic E-state index is 10.5. The molecule has 0 radical (unpaired) electrons. The summed E-state index contributed by atoms with van der Waals surface area (Å²) in [5.41, 5.74) is -0.556. The van der Waals surface area contributed by atoms with E-state index in [1.54, 1.807) is 6.92 Å². The summed E-state index contributed by atoms with van der Waals surface area (Å²) in [5.74, 6) is 0. The van der Waals surface area contributed by atoms with Crippen molar-refractivity contribution in [3.05, 3.63) is 22.4 Å². The second-order valence-corrected chi connectivity index (χ2v) is 2.35. The third kappa shape index (κ3) is 0.760. The Labute approximate surface area is 52.7 Å². The molecule has 0 saturated carbocycles. The third-order valence-electron chi connectivity index (χ3n) is 1.63. The van der Waals surface area contributed by atoms with Crippen molar-refractivity contribution in [2.45, 2.75) is 12.5 Å². The monoisotopic (exact) mass is 127 g/mol. The smallest absolute Gasteiger partial charge is 0.0981 e. The van der Waals surface area contributed by atoms with Gasteiger partial charge in [0.2, 0.25) is 0 Å². The summed E-state index contributed by atoms with van der Waals surface area (Å²) in [5, 5.41) is 13.8. The average molecular weight is 127 g/mol. The third-order valence-corrected chi connectivity index (χ3v) is 1.63. The minimum absolute atomic E-state index is 0.123. The van der Waals surface area contributed by atoms with Gasteiger partial charge in [0.25, 0.3) is 0 Å². The first-order valence-electron chi connectivity index (χ1n) is 2.59. The van der Waals surface area contributed by atoms with Crippen LogP contribution in [0.2, 0.25) is 0 Å². The number of rotatable bonds is 2. The first-order valence-corrected chi connectivity index (χ1v) is 2.59. The maximum Gasteiger partial charge on any atom is 0.0981 e. The lowest BCUT2D eigenvalue weighted by Gasteiger charge is -2.12. The van der Waals surface area contributed by atoms with Gasteiger partial charge < -0.3 is 10.3 Å². The molecule has 4 heteroatoms. The van der Waals surface area contributed by atoms with Crippen LogP contribution in [0.3, 0.4) is 0 Å². The Morgan fingerprint density at radius 3 is 2.56 bits per heavy atom. The van der Waals surface area contributed by atoms with Crippen LogP contribution in [0.15, 0.2) is 17.5 Å². The van der Waals surface area contributed by atoms with E-state index in [0.29, 0.717) is 6.54 Å². The topological polar surface area (TPSA) is 55.5 Å². The summed E-state index contributed by atoms with van der Waals surface area (Å²) >= 11 is 0. The van der Waals surface area contributed by atoms with Gasteiger partial charge in [0.1, 0.15) is 0 Å². The molecule has 1 unspecified atom stereocenters. The van der Waals surface area contributed by atoms with Crippen LogP contribution in [0.5, 0.6) is 0 Å². The summed E-state index contributed by atoms with van der Waals surface area (Å²) < 4.78 is 0. The van der Waals surface area contributed by atoms with Crippen LogP contribution >= 0.6 is 0 Å². The standard InChI is InChI=1S/C5H7N2O2/c1-4(6-8)5(2)3-7(5)9/h1,3H2,2H3/q-1/t5-,7?/m1/s1. The summed E-state index contributed by atoms with van der Waals surface area (Å²) in [6, 6.07) is 0. The van der Waals surface area contributed by atoms with E-state index in [9.17, 15) is 10.1 Å². The summed E-state index contributed by atoms with van der Waals surface area (Å²) in [4.78, 5) is 9.82. The summed E-state index contributed by atoms with van der Waals surface area (Å²) in [6.07, 6.45) is 0. The molecule has 2 atom stereocenters. The van der Waals surface area contributed by atoms with Crippen LogP contribution < -0.4 is 0 Å². The molecule has 0 aromatic heterocycles. The van der Waals surface area contributed by atoms with Crippen LogP contribution in [0.25, 0.3) is 0 Å². The van der Waals surface area contributed by atoms with Crippen LogP contribution in [0.1, 0.15) is 6.92 Å². The Balaban J connectivity index is 2.64. The van der Waals surface area contributed by atoms with Gasteiger partial charge in [0.15, 0.2) is 0 Å². The molecule has 9 heavy (non-hydrogen) atoms. The van der Waals surface area contributed by atoms with E-state index >= 15 is 0 Å². The van der Waals surface area contributed by atoms with Gasteiger partial charge in [0.05, 0.1) is 11.2 Å². The zero-order valence-electron chi connectivity index (χ0n) is 5.13. The van der Waals surface area contributed by atoms with Gasteiger partial charge in [-0.05, 0) is 12.1 Å². The molecule has 0 aromatic carbocycles. The first kappa shape index (κ1) is 6.38. The van der Waals surface area contributed by atoms with Crippen molar-refractivity contribution in [3.8, 4) is 0 Å². The number of nitrogens with zero attached hydrogens (tertiary/aromatic N) is 2. The van der Waals surface area contributed by atoms with E-state index in [4.69, 9.17) is 0 Å². The predicted molar refractivity (Wildman–Crippen MR) is 33.4 cm³/mol. The Morgan fingerprint density at radius 2 is 2.44 bits per heavy atom. The quantitative estimate of drug-likeness (QED) is 0.408. The first-order chi connectivity index (χ1) is 4.11. The lowest BCUT2D eigenvalue weighted by Crippen LogP contribution is -2.10. The Kier molecular flexibility index (Phi) is 1.15. The molecule has 0 aliphatic carbocycles. The molecule has 1 fully saturated rings. The molecule has 1 heterocycles. The highest BCUT2D eigenvalue weighted by molar-refractivity contribution is 5.25. The highest BCUT2D eigenvalue weighted by Gasteiger charge is 2.43. The zero-order valence-corrected chi connectivity index (χ0v) is 5.13. The van der Waals surface area contributed by atoms with Gasteiger partial charge in [0, 0.05) is 6.54 Å². The second-order valence-electron chi connectivity index (χ2n) is 2.35. The van der Waals surface area contributed by atoms with Crippen LogP contribution in [0.4, 0.5) is 0 Å². The Bertz CT molecular complexity index is 168. The zero-order chi connectivity index (χ0) is 7.07. The number of hydrogen-bond donors (Lipinski definition) is 0. The van der Waals surface area contributed by atoms with E-state index in [0.717, 1.165) is 5.06 Å². The van der Waals surface area contributed by atoms with Crippen molar-refractivity contribution in [1.82, 2.24) is 5.06 Å². The van der Waals surface area contributed by atoms with Crippen molar-refractivity contribution in [3.63, 3.8) is 0 Å². The van der Waals surface area contributed by atoms with Crippen LogP contribution in [-0.4, -0.2) is 17.1 Å². The molecule has 1 aliphatic heterocycles. The van der Waals surface area contributed by atoms with Crippen molar-refractivity contribution in [2.75, 3.05) is 6.54 Å². The fourth-order valence-corrected chi connectivity index (χ4v) is 0.578. The molecule has 0 amide bonds. The summed E-state index contributed by atoms with van der Waals surface area (Å²) in [7, 11) is 0. The average Bonchev–Trinajstić information content (AvgIpc) is 2.41. The van der Waals surface area contributed by atoms with E-state index < -0.39 is 5.54 Å². The highest BCUT2D eigenvalue weighted by atomic mass is 16.5. The van der Waals surface area contributed by atoms with Crippen molar-refractivity contribution in [1.29, 1.82) is 0 Å². The normalized spacial score (nSPS) is 40.0. The molecule has 1 aliphatic rings. The van der Waals surface area contributed by atoms with Gasteiger partial charge in [-0.15, -0.1) is 4.91 Å². The van der Waals surface area contributed by atoms with Crippen LogP contribution in [0, 0.1) is 10.1 Å². The lowest BCUT2D eigenvalue weighted by molar-refractivity contribution is 0.595. The lowest BCUT2D eigenvalue weighted by atomic mass is 10.1. The SMILES string of the molecule is C=C(N=O)[C@@]1(C)CN1[O-]. The summed E-state index contributed by atoms with van der Waals surface area (Å²) in [6.45, 7) is 5.32. The van der Waals surface area contributed by atoms with Gasteiger partial charge in [-0.1, -0.05) is 6.58 Å². The van der Waals surface area contributed by atoms with E-state index in [-0.39, 0.29) is 5.70 Å². The number of hydrogen-bond acceptors (Lipinski definition) is 4. The van der Waals surface area contributed by atoms with E-state index in [1.807, 2.05) is 0 Å². The number of hydroxylamine groups is 2. The minimum Gasteiger partial charge on any atom is -0.784 e. The molecule has 50 valence electrons. The van der Waals surface area contributed by atoms with E-state index in [2.05, 4.69) is 11.8 Å². The van der Waals surface area contributed by atoms with Gasteiger partial charge in [-0.25, -0.2) is 0 Å². The van der Waals surface area contributed by atoms with Gasteiger partial charge in [-0.3, -0.25) is 0 Å². The molecule has 0 bridgehead atoms. The molecule has 1 saturated heterocycles. The fourth-order valence-electron chi connectivity index (χ4n) is 0.578. The minimum atomic E-state index is -0.679. The number of nitroso groups, excluding NO2 is 1. The van der Waals surface area contributed by atoms with Crippen molar-refractivity contribution in [2.24, 2.45) is 5.18 Å².